The average molecular weight is 587 g/mol. The normalized spacial score (nSPS) is 16.8. The molecule has 11 nitrogen and oxygen atoms in total. The third-order valence-electron chi connectivity index (χ3n) is 6.35. The molecule has 1 atom stereocenters. The van der Waals surface area contributed by atoms with Crippen molar-refractivity contribution >= 4 is 37.5 Å². The van der Waals surface area contributed by atoms with Crippen molar-refractivity contribution in [2.24, 2.45) is 0 Å². The molecule has 0 bridgehead atoms. The minimum Gasteiger partial charge on any atom is -0.383 e. The number of methoxy groups -OCH3 is 1. The highest BCUT2D eigenvalue weighted by Crippen LogP contribution is 2.26. The zero-order valence-corrected chi connectivity index (χ0v) is 23.4. The van der Waals surface area contributed by atoms with Gasteiger partial charge in [-0.15, -0.1) is 0 Å². The number of benzene rings is 3. The van der Waals surface area contributed by atoms with Crippen LogP contribution in [0, 0.1) is 0 Å². The third-order valence-corrected chi connectivity index (χ3v) is 10.2. The summed E-state index contributed by atoms with van der Waals surface area (Å²) in [5.74, 6) is -1.23. The van der Waals surface area contributed by atoms with Gasteiger partial charge in [0.15, 0.2) is 0 Å². The molecule has 212 valence electrons. The van der Waals surface area contributed by atoms with Crippen LogP contribution in [0.15, 0.2) is 94.7 Å². The highest BCUT2D eigenvalue weighted by molar-refractivity contribution is 7.89. The number of nitrogens with zero attached hydrogens (tertiary/aromatic N) is 2. The zero-order chi connectivity index (χ0) is 28.8. The van der Waals surface area contributed by atoms with Crippen LogP contribution in [0.25, 0.3) is 0 Å². The van der Waals surface area contributed by atoms with Gasteiger partial charge in [-0.2, -0.15) is 8.61 Å². The zero-order valence-electron chi connectivity index (χ0n) is 21.8. The molecule has 0 saturated carbocycles. The summed E-state index contributed by atoms with van der Waals surface area (Å²) >= 11 is 0. The molecule has 2 N–H and O–H groups in total. The lowest BCUT2D eigenvalue weighted by molar-refractivity contribution is -0.120. The van der Waals surface area contributed by atoms with E-state index in [1.807, 2.05) is 0 Å². The number of amides is 2. The molecule has 0 aliphatic carbocycles. The minimum absolute atomic E-state index is 0.0231. The minimum atomic E-state index is -4.17. The summed E-state index contributed by atoms with van der Waals surface area (Å²) in [5, 5.41) is 5.34. The lowest BCUT2D eigenvalue weighted by Gasteiger charge is -2.39. The number of ether oxygens (including phenoxy) is 1. The molecular weight excluding hydrogens is 556 g/mol. The molecule has 0 unspecified atom stereocenters. The van der Waals surface area contributed by atoms with E-state index in [0.29, 0.717) is 6.61 Å². The molecule has 13 heteroatoms. The van der Waals surface area contributed by atoms with E-state index in [2.05, 4.69) is 10.6 Å². The number of anilines is 1. The first-order valence-corrected chi connectivity index (χ1v) is 15.3. The van der Waals surface area contributed by atoms with Crippen molar-refractivity contribution in [3.63, 3.8) is 0 Å². The van der Waals surface area contributed by atoms with Crippen molar-refractivity contribution in [3.05, 3.63) is 90.5 Å². The maximum atomic E-state index is 13.7. The summed E-state index contributed by atoms with van der Waals surface area (Å²) in [4.78, 5) is 26.5. The first kappa shape index (κ1) is 29.4. The fourth-order valence-electron chi connectivity index (χ4n) is 4.30. The highest BCUT2D eigenvalue weighted by atomic mass is 32.2. The van der Waals surface area contributed by atoms with Crippen LogP contribution >= 0.6 is 0 Å². The van der Waals surface area contributed by atoms with Crippen molar-refractivity contribution in [2.75, 3.05) is 45.2 Å². The Labute approximate surface area is 233 Å². The molecule has 4 rings (SSSR count). The number of hydrogen-bond acceptors (Lipinski definition) is 7. The summed E-state index contributed by atoms with van der Waals surface area (Å²) in [7, 11) is -6.68. The van der Waals surface area contributed by atoms with Gasteiger partial charge in [-0.25, -0.2) is 16.8 Å². The highest BCUT2D eigenvalue weighted by Gasteiger charge is 2.43. The van der Waals surface area contributed by atoms with Crippen LogP contribution in [0.2, 0.25) is 0 Å². The second kappa shape index (κ2) is 12.7. The molecule has 2 amide bonds. The van der Waals surface area contributed by atoms with Gasteiger partial charge in [0.05, 0.1) is 27.6 Å². The van der Waals surface area contributed by atoms with E-state index in [9.17, 15) is 26.4 Å². The number of nitrogens with one attached hydrogen (secondary N) is 2. The predicted molar refractivity (Wildman–Crippen MR) is 149 cm³/mol. The van der Waals surface area contributed by atoms with Crippen LogP contribution in [0.4, 0.5) is 5.69 Å². The monoisotopic (exact) mass is 586 g/mol. The molecule has 1 saturated heterocycles. The van der Waals surface area contributed by atoms with Gasteiger partial charge in [-0.1, -0.05) is 48.5 Å². The van der Waals surface area contributed by atoms with Crippen molar-refractivity contribution in [1.29, 1.82) is 0 Å². The lowest BCUT2D eigenvalue weighted by Crippen LogP contribution is -2.60. The fraction of sp³-hybridized carbons (Fsp3) is 0.259. The molecular formula is C27H30N4O7S2. The van der Waals surface area contributed by atoms with Crippen molar-refractivity contribution < 1.29 is 31.2 Å². The van der Waals surface area contributed by atoms with Gasteiger partial charge in [0.1, 0.15) is 6.04 Å². The summed E-state index contributed by atoms with van der Waals surface area (Å²) in [6.07, 6.45) is 0. The standard InChI is InChI=1S/C27H30N4O7S2/c1-38-19-16-28-26(32)23-14-8-9-15-24(23)29-27(33)25-20-30(39(34,35)21-10-4-2-5-11-21)17-18-31(25)40(36,37)22-12-6-3-7-13-22/h2-15,25H,16-20H2,1H3,(H,28,32)(H,29,33)/t25-/m1/s1. The molecule has 1 aliphatic heterocycles. The Hall–Kier alpha value is -3.62. The first-order chi connectivity index (χ1) is 19.2. The second-order valence-corrected chi connectivity index (χ2v) is 12.7. The summed E-state index contributed by atoms with van der Waals surface area (Å²) in [6.45, 7) is -0.278. The summed E-state index contributed by atoms with van der Waals surface area (Å²) in [5.41, 5.74) is 0.316. The molecule has 1 aliphatic rings. The SMILES string of the molecule is COCCNC(=O)c1ccccc1NC(=O)[C@H]1CN(S(=O)(=O)c2ccccc2)CCN1S(=O)(=O)c1ccccc1. The van der Waals surface area contributed by atoms with Crippen molar-refractivity contribution in [1.82, 2.24) is 13.9 Å². The average Bonchev–Trinajstić information content (AvgIpc) is 2.98. The molecule has 1 fully saturated rings. The largest absolute Gasteiger partial charge is 0.383 e. The second-order valence-electron chi connectivity index (χ2n) is 8.90. The van der Waals surface area contributed by atoms with E-state index in [1.54, 1.807) is 48.5 Å². The maximum absolute atomic E-state index is 13.7. The molecule has 1 heterocycles. The van der Waals surface area contributed by atoms with Crippen molar-refractivity contribution in [3.8, 4) is 0 Å². The van der Waals surface area contributed by atoms with E-state index in [0.717, 1.165) is 8.61 Å². The Bertz CT molecular complexity index is 1550. The Morgan fingerprint density at radius 2 is 1.40 bits per heavy atom. The first-order valence-electron chi connectivity index (χ1n) is 12.5. The predicted octanol–water partition coefficient (Wildman–Crippen LogP) is 1.77. The van der Waals surface area contributed by atoms with Crippen LogP contribution in [-0.4, -0.2) is 83.2 Å². The van der Waals surface area contributed by atoms with Gasteiger partial charge in [0.25, 0.3) is 5.91 Å². The van der Waals surface area contributed by atoms with Gasteiger partial charge in [-0.05, 0) is 36.4 Å². The summed E-state index contributed by atoms with van der Waals surface area (Å²) < 4.78 is 61.0. The van der Waals surface area contributed by atoms with Crippen LogP contribution in [0.3, 0.4) is 0 Å². The summed E-state index contributed by atoms with van der Waals surface area (Å²) in [6, 6.07) is 20.2. The number of piperazine rings is 1. The molecule has 0 spiro atoms. The van der Waals surface area contributed by atoms with Gasteiger partial charge < -0.3 is 15.4 Å². The number of para-hydroxylation sites is 1. The topological polar surface area (TPSA) is 142 Å². The molecule has 0 radical (unpaired) electrons. The fourth-order valence-corrected chi connectivity index (χ4v) is 7.35. The van der Waals surface area contributed by atoms with E-state index in [-0.39, 0.29) is 40.7 Å². The maximum Gasteiger partial charge on any atom is 0.253 e. The van der Waals surface area contributed by atoms with Gasteiger partial charge in [-0.3, -0.25) is 9.59 Å². The number of rotatable bonds is 10. The van der Waals surface area contributed by atoms with Crippen LogP contribution in [0.1, 0.15) is 10.4 Å². The van der Waals surface area contributed by atoms with Gasteiger partial charge in [0.2, 0.25) is 26.0 Å². The lowest BCUT2D eigenvalue weighted by atomic mass is 10.1. The van der Waals surface area contributed by atoms with Gasteiger partial charge >= 0.3 is 0 Å². The smallest absolute Gasteiger partial charge is 0.253 e. The Balaban J connectivity index is 1.67. The number of carbonyl (C=O) groups excluding carboxylic acids is 2. The molecule has 40 heavy (non-hydrogen) atoms. The Kier molecular flexibility index (Phi) is 9.32. The Morgan fingerprint density at radius 3 is 2.02 bits per heavy atom. The van der Waals surface area contributed by atoms with Crippen molar-refractivity contribution in [2.45, 2.75) is 15.8 Å². The number of sulfonamides is 2. The van der Waals surface area contributed by atoms with E-state index in [1.165, 1.54) is 43.5 Å². The van der Waals surface area contributed by atoms with Crippen LogP contribution in [-0.2, 0) is 29.6 Å². The van der Waals surface area contributed by atoms with E-state index >= 15 is 0 Å². The van der Waals surface area contributed by atoms with E-state index in [4.69, 9.17) is 4.74 Å². The quantitative estimate of drug-likeness (QED) is 0.345. The van der Waals surface area contributed by atoms with Crippen LogP contribution in [0.5, 0.6) is 0 Å². The molecule has 0 aromatic heterocycles. The van der Waals surface area contributed by atoms with Gasteiger partial charge in [0, 0.05) is 33.3 Å². The number of hydrogen-bond donors (Lipinski definition) is 2. The van der Waals surface area contributed by atoms with E-state index < -0.39 is 44.4 Å². The Morgan fingerprint density at radius 1 is 0.825 bits per heavy atom. The number of carbonyl (C=O) groups is 2. The third kappa shape index (κ3) is 6.40. The molecule has 3 aromatic rings. The molecule has 3 aromatic carbocycles. The van der Waals surface area contributed by atoms with Crippen LogP contribution < -0.4 is 10.6 Å².